The van der Waals surface area contributed by atoms with E-state index in [1.807, 2.05) is 0 Å². The van der Waals surface area contributed by atoms with E-state index in [-0.39, 0.29) is 19.1 Å². The summed E-state index contributed by atoms with van der Waals surface area (Å²) in [4.78, 5) is 12.0. The summed E-state index contributed by atoms with van der Waals surface area (Å²) in [6.45, 7) is 2.47. The fourth-order valence-corrected chi connectivity index (χ4v) is 4.45. The Bertz CT molecular complexity index is 789. The van der Waals surface area contributed by atoms with Crippen molar-refractivity contribution in [1.29, 1.82) is 0 Å². The smallest absolute Gasteiger partial charge is 0.337 e. The molecule has 0 spiro atoms. The van der Waals surface area contributed by atoms with Crippen molar-refractivity contribution in [3.8, 4) is 0 Å². The Hall–Kier alpha value is -1.65. The SMILES string of the molecule is C=C[C@@H]1[C@H](O[C@H]2O[C@@H](CO[C@H]3OC[C@@](O)(CO)[C@H]3O)[C@H](O)[C@@H](O)[C@@H]2O)OC=C2C(=O)OCC[C@H]21. The van der Waals surface area contributed by atoms with Gasteiger partial charge < -0.3 is 59.1 Å². The summed E-state index contributed by atoms with van der Waals surface area (Å²) in [5.41, 5.74) is -1.55. The number of hydrogen-bond donors (Lipinski definition) is 6. The molecular formula is C21H30O13. The molecule has 4 aliphatic rings. The topological polar surface area (TPSA) is 194 Å². The van der Waals surface area contributed by atoms with Gasteiger partial charge in [0.25, 0.3) is 0 Å². The van der Waals surface area contributed by atoms with Gasteiger partial charge in [-0.15, -0.1) is 6.58 Å². The zero-order valence-electron chi connectivity index (χ0n) is 18.2. The summed E-state index contributed by atoms with van der Waals surface area (Å²) in [6.07, 6.45) is -8.14. The normalized spacial score (nSPS) is 46.8. The first kappa shape index (κ1) is 25.4. The first-order valence-corrected chi connectivity index (χ1v) is 10.9. The van der Waals surface area contributed by atoms with Gasteiger partial charge in [-0.1, -0.05) is 6.08 Å². The number of rotatable bonds is 7. The molecular weight excluding hydrogens is 460 g/mol. The first-order valence-electron chi connectivity index (χ1n) is 10.9. The van der Waals surface area contributed by atoms with Gasteiger partial charge in [-0.05, 0) is 6.42 Å². The number of cyclic esters (lactones) is 1. The third-order valence-corrected chi connectivity index (χ3v) is 6.62. The van der Waals surface area contributed by atoms with Gasteiger partial charge in [-0.2, -0.15) is 0 Å². The lowest BCUT2D eigenvalue weighted by atomic mass is 9.81. The Labute approximate surface area is 194 Å². The highest BCUT2D eigenvalue weighted by Crippen LogP contribution is 2.38. The van der Waals surface area contributed by atoms with E-state index in [1.54, 1.807) is 6.08 Å². The van der Waals surface area contributed by atoms with Crippen LogP contribution in [-0.2, 0) is 33.2 Å². The number of fused-ring (bicyclic) bond motifs is 1. The van der Waals surface area contributed by atoms with Gasteiger partial charge in [-0.25, -0.2) is 4.79 Å². The molecule has 13 nitrogen and oxygen atoms in total. The molecule has 0 aromatic heterocycles. The monoisotopic (exact) mass is 490 g/mol. The Balaban J connectivity index is 1.41. The van der Waals surface area contributed by atoms with E-state index in [4.69, 9.17) is 28.4 Å². The van der Waals surface area contributed by atoms with E-state index >= 15 is 0 Å². The number of aliphatic hydroxyl groups is 6. The molecule has 192 valence electrons. The molecule has 3 saturated heterocycles. The maximum Gasteiger partial charge on any atom is 0.337 e. The van der Waals surface area contributed by atoms with Crippen molar-refractivity contribution in [2.24, 2.45) is 11.8 Å². The zero-order chi connectivity index (χ0) is 24.6. The van der Waals surface area contributed by atoms with Crippen molar-refractivity contribution < 1.29 is 63.9 Å². The van der Waals surface area contributed by atoms with E-state index in [2.05, 4.69) is 6.58 Å². The molecule has 4 rings (SSSR count). The predicted octanol–water partition coefficient (Wildman–Crippen LogP) is -3.13. The maximum absolute atomic E-state index is 12.0. The zero-order valence-corrected chi connectivity index (χ0v) is 18.2. The fraction of sp³-hybridized carbons (Fsp3) is 0.762. The third kappa shape index (κ3) is 4.60. The van der Waals surface area contributed by atoms with Crippen LogP contribution in [0.2, 0.25) is 0 Å². The minimum Gasteiger partial charge on any atom is -0.471 e. The molecule has 0 unspecified atom stereocenters. The lowest BCUT2D eigenvalue weighted by Gasteiger charge is -2.44. The quantitative estimate of drug-likeness (QED) is 0.155. The van der Waals surface area contributed by atoms with Crippen molar-refractivity contribution in [2.75, 3.05) is 26.4 Å². The predicted molar refractivity (Wildman–Crippen MR) is 107 cm³/mol. The summed E-state index contributed by atoms with van der Waals surface area (Å²) in [5, 5.41) is 60.4. The van der Waals surface area contributed by atoms with E-state index in [9.17, 15) is 35.4 Å². The largest absolute Gasteiger partial charge is 0.471 e. The molecule has 11 atom stereocenters. The van der Waals surface area contributed by atoms with Crippen molar-refractivity contribution in [3.05, 3.63) is 24.5 Å². The van der Waals surface area contributed by atoms with Gasteiger partial charge in [0.05, 0.1) is 38.3 Å². The summed E-state index contributed by atoms with van der Waals surface area (Å²) in [6, 6.07) is 0. The van der Waals surface area contributed by atoms with Crippen molar-refractivity contribution in [3.63, 3.8) is 0 Å². The molecule has 4 heterocycles. The standard InChI is InChI=1S/C21H30O13/c1-2-9-10-3-4-29-17(27)11(10)5-30-18(9)34-19-15(25)14(24)13(23)12(33-19)6-31-20-16(26)21(28,7-22)8-32-20/h2,5,9-10,12-16,18-20,22-26,28H,1,3-4,6-8H2/t9-,10-,12-,13-,14+,15-,16-,18-,19+,20-,21-/m0/s1. The van der Waals surface area contributed by atoms with Crippen molar-refractivity contribution >= 4 is 5.97 Å². The van der Waals surface area contributed by atoms with Gasteiger partial charge in [0.15, 0.2) is 12.6 Å². The Morgan fingerprint density at radius 2 is 1.91 bits per heavy atom. The van der Waals surface area contributed by atoms with Crippen LogP contribution in [0.3, 0.4) is 0 Å². The van der Waals surface area contributed by atoms with Crippen LogP contribution >= 0.6 is 0 Å². The molecule has 13 heteroatoms. The number of aliphatic hydroxyl groups excluding tert-OH is 5. The van der Waals surface area contributed by atoms with Gasteiger partial charge in [0, 0.05) is 11.8 Å². The van der Waals surface area contributed by atoms with E-state index in [0.717, 1.165) is 0 Å². The lowest BCUT2D eigenvalue weighted by molar-refractivity contribution is -0.344. The molecule has 0 aromatic carbocycles. The molecule has 0 amide bonds. The van der Waals surface area contributed by atoms with Crippen LogP contribution in [-0.4, -0.2) is 118 Å². The summed E-state index contributed by atoms with van der Waals surface area (Å²) in [5.74, 6) is -1.25. The average molecular weight is 490 g/mol. The van der Waals surface area contributed by atoms with Crippen LogP contribution in [0.4, 0.5) is 0 Å². The minimum absolute atomic E-state index is 0.227. The molecule has 3 fully saturated rings. The van der Waals surface area contributed by atoms with Gasteiger partial charge in [0.2, 0.25) is 6.29 Å². The fourth-order valence-electron chi connectivity index (χ4n) is 4.45. The second-order valence-corrected chi connectivity index (χ2v) is 8.79. The van der Waals surface area contributed by atoms with Gasteiger partial charge >= 0.3 is 5.97 Å². The number of carbonyl (C=O) groups is 1. The third-order valence-electron chi connectivity index (χ3n) is 6.62. The summed E-state index contributed by atoms with van der Waals surface area (Å²) >= 11 is 0. The second kappa shape index (κ2) is 10.1. The molecule has 0 saturated carbocycles. The number of carbonyl (C=O) groups excluding carboxylic acids is 1. The highest BCUT2D eigenvalue weighted by molar-refractivity contribution is 5.89. The summed E-state index contributed by atoms with van der Waals surface area (Å²) < 4.78 is 32.5. The van der Waals surface area contributed by atoms with Crippen LogP contribution in [0.1, 0.15) is 6.42 Å². The molecule has 0 radical (unpaired) electrons. The Morgan fingerprint density at radius 3 is 2.59 bits per heavy atom. The van der Waals surface area contributed by atoms with Crippen molar-refractivity contribution in [2.45, 2.75) is 61.4 Å². The van der Waals surface area contributed by atoms with E-state index in [1.165, 1.54) is 6.26 Å². The first-order chi connectivity index (χ1) is 16.2. The van der Waals surface area contributed by atoms with Crippen LogP contribution in [0.15, 0.2) is 24.5 Å². The second-order valence-electron chi connectivity index (χ2n) is 8.79. The van der Waals surface area contributed by atoms with E-state index < -0.39 is 80.1 Å². The van der Waals surface area contributed by atoms with E-state index in [0.29, 0.717) is 12.0 Å². The molecule has 4 aliphatic heterocycles. The Kier molecular flexibility index (Phi) is 7.59. The lowest BCUT2D eigenvalue weighted by Crippen LogP contribution is -2.60. The molecule has 0 aromatic rings. The van der Waals surface area contributed by atoms with Crippen LogP contribution < -0.4 is 0 Å². The summed E-state index contributed by atoms with van der Waals surface area (Å²) in [7, 11) is 0. The maximum atomic E-state index is 12.0. The molecule has 0 aliphatic carbocycles. The Morgan fingerprint density at radius 1 is 1.15 bits per heavy atom. The van der Waals surface area contributed by atoms with Crippen LogP contribution in [0, 0.1) is 11.8 Å². The van der Waals surface area contributed by atoms with Gasteiger partial charge in [0.1, 0.15) is 36.1 Å². The molecule has 0 bridgehead atoms. The highest BCUT2D eigenvalue weighted by Gasteiger charge is 2.51. The number of ether oxygens (including phenoxy) is 6. The van der Waals surface area contributed by atoms with Gasteiger partial charge in [-0.3, -0.25) is 0 Å². The van der Waals surface area contributed by atoms with Crippen LogP contribution in [0.5, 0.6) is 0 Å². The number of esters is 1. The highest BCUT2D eigenvalue weighted by atomic mass is 16.8. The molecule has 34 heavy (non-hydrogen) atoms. The van der Waals surface area contributed by atoms with Crippen molar-refractivity contribution in [1.82, 2.24) is 0 Å². The average Bonchev–Trinajstić information content (AvgIpc) is 3.12. The molecule has 6 N–H and O–H groups in total. The number of hydrogen-bond acceptors (Lipinski definition) is 13. The van der Waals surface area contributed by atoms with Crippen LogP contribution in [0.25, 0.3) is 0 Å². The minimum atomic E-state index is -1.89.